The van der Waals surface area contributed by atoms with E-state index in [0.29, 0.717) is 0 Å². The Bertz CT molecular complexity index is 1300. The Kier molecular flexibility index (Phi) is 7.69. The second-order valence-electron chi connectivity index (χ2n) is 9.14. The van der Waals surface area contributed by atoms with Crippen molar-refractivity contribution in [2.75, 3.05) is 11.9 Å². The summed E-state index contributed by atoms with van der Waals surface area (Å²) in [6.07, 6.45) is 8.09. The van der Waals surface area contributed by atoms with Gasteiger partial charge in [0.25, 0.3) is 0 Å². The highest BCUT2D eigenvalue weighted by Gasteiger charge is 2.33. The third-order valence-electron chi connectivity index (χ3n) is 6.80. The summed E-state index contributed by atoms with van der Waals surface area (Å²) in [7, 11) is 1.75. The maximum absolute atomic E-state index is 10.9. The van der Waals surface area contributed by atoms with Crippen LogP contribution in [0.5, 0.6) is 0 Å². The molecule has 0 saturated carbocycles. The van der Waals surface area contributed by atoms with Crippen LogP contribution in [0.25, 0.3) is 11.6 Å². The number of carbonyl (C=O) groups is 1. The van der Waals surface area contributed by atoms with Crippen LogP contribution in [0.1, 0.15) is 53.3 Å². The minimum atomic E-state index is -0.953. The Morgan fingerprint density at radius 3 is 2.44 bits per heavy atom. The molecule has 2 unspecified atom stereocenters. The van der Waals surface area contributed by atoms with E-state index in [4.69, 9.17) is 10.8 Å². The summed E-state index contributed by atoms with van der Waals surface area (Å²) >= 11 is 0. The number of rotatable bonds is 7. The van der Waals surface area contributed by atoms with Crippen molar-refractivity contribution in [1.82, 2.24) is 0 Å². The number of anilines is 1. The summed E-state index contributed by atoms with van der Waals surface area (Å²) in [6.45, 7) is 4.44. The zero-order valence-electron chi connectivity index (χ0n) is 21.1. The number of hydrogen-bond donors (Lipinski definition) is 2. The number of aryl methyl sites for hydroxylation is 1. The number of aliphatic carboxylic acids is 1. The van der Waals surface area contributed by atoms with Gasteiger partial charge in [0, 0.05) is 42.8 Å². The largest absolute Gasteiger partial charge is 0.478 e. The van der Waals surface area contributed by atoms with Crippen LogP contribution in [-0.4, -0.2) is 30.4 Å². The Morgan fingerprint density at radius 1 is 1.11 bits per heavy atom. The van der Waals surface area contributed by atoms with Crippen LogP contribution in [0.15, 0.2) is 84.0 Å². The van der Waals surface area contributed by atoms with Crippen molar-refractivity contribution in [3.05, 3.63) is 112 Å². The van der Waals surface area contributed by atoms with Gasteiger partial charge < -0.3 is 15.7 Å². The molecular weight excluding hydrogens is 446 g/mol. The Balaban J connectivity index is 1.82. The molecule has 5 heteroatoms. The number of fused-ring (bicyclic) bond motifs is 1. The van der Waals surface area contributed by atoms with Crippen LogP contribution < -0.4 is 10.6 Å². The molecule has 0 spiro atoms. The summed E-state index contributed by atoms with van der Waals surface area (Å²) in [5.41, 5.74) is 14.9. The standard InChI is InChI=1S/C31H33N3O2/c1-4-22-7-13-28(14-8-22)34-21(2)17-26-18-25(27(19-32)20-33-3)12-15-29(26)31(34)24-10-5-23(6-11-24)9-16-30(35)36/h5-16,18-21,31H,4,17,32H2,1-3H3,(H,35,36). The van der Waals surface area contributed by atoms with Crippen molar-refractivity contribution >= 4 is 29.5 Å². The van der Waals surface area contributed by atoms with Gasteiger partial charge >= 0.3 is 5.97 Å². The molecule has 0 fully saturated rings. The normalized spacial score (nSPS) is 18.1. The lowest BCUT2D eigenvalue weighted by molar-refractivity contribution is -0.131. The minimum absolute atomic E-state index is 0.0212. The van der Waals surface area contributed by atoms with E-state index < -0.39 is 5.97 Å². The molecule has 1 aliphatic heterocycles. The first-order valence-electron chi connectivity index (χ1n) is 12.3. The van der Waals surface area contributed by atoms with E-state index in [0.717, 1.165) is 41.2 Å². The van der Waals surface area contributed by atoms with Gasteiger partial charge in [0.15, 0.2) is 0 Å². The number of aliphatic imine (C=N–C) groups is 1. The Hall–Kier alpha value is -4.12. The van der Waals surface area contributed by atoms with Crippen LogP contribution in [0.4, 0.5) is 5.69 Å². The molecule has 3 aromatic carbocycles. The van der Waals surface area contributed by atoms with Crippen LogP contribution in [0.2, 0.25) is 0 Å². The molecule has 4 rings (SSSR count). The average Bonchev–Trinajstić information content (AvgIpc) is 2.90. The maximum atomic E-state index is 10.9. The van der Waals surface area contributed by atoms with Gasteiger partial charge in [0.05, 0.1) is 6.04 Å². The highest BCUT2D eigenvalue weighted by atomic mass is 16.4. The number of hydrogen-bond acceptors (Lipinski definition) is 4. The smallest absolute Gasteiger partial charge is 0.328 e. The first-order chi connectivity index (χ1) is 17.4. The fourth-order valence-corrected chi connectivity index (χ4v) is 5.01. The second-order valence-corrected chi connectivity index (χ2v) is 9.14. The zero-order valence-corrected chi connectivity index (χ0v) is 21.1. The third kappa shape index (κ3) is 5.25. The van der Waals surface area contributed by atoms with E-state index in [1.807, 2.05) is 12.1 Å². The lowest BCUT2D eigenvalue weighted by Crippen LogP contribution is -2.43. The monoisotopic (exact) mass is 479 g/mol. The molecule has 3 N–H and O–H groups in total. The molecular formula is C31H33N3O2. The number of nitrogens with zero attached hydrogens (tertiary/aromatic N) is 2. The van der Waals surface area contributed by atoms with Gasteiger partial charge in [-0.15, -0.1) is 0 Å². The fourth-order valence-electron chi connectivity index (χ4n) is 5.01. The highest BCUT2D eigenvalue weighted by Crippen LogP contribution is 2.41. The number of benzene rings is 3. The van der Waals surface area contributed by atoms with E-state index in [2.05, 4.69) is 78.3 Å². The van der Waals surface area contributed by atoms with Crippen molar-refractivity contribution in [1.29, 1.82) is 0 Å². The molecule has 1 aliphatic rings. The summed E-state index contributed by atoms with van der Waals surface area (Å²) in [4.78, 5) is 17.6. The molecule has 0 saturated heterocycles. The van der Waals surface area contributed by atoms with E-state index in [1.54, 1.807) is 25.5 Å². The molecule has 5 nitrogen and oxygen atoms in total. The van der Waals surface area contributed by atoms with Crippen LogP contribution >= 0.6 is 0 Å². The number of carboxylic acids is 1. The van der Waals surface area contributed by atoms with Crippen molar-refractivity contribution in [2.45, 2.75) is 38.8 Å². The number of carboxylic acid groups (broad SMARTS) is 1. The molecule has 0 bridgehead atoms. The van der Waals surface area contributed by atoms with Crippen LogP contribution in [0.3, 0.4) is 0 Å². The van der Waals surface area contributed by atoms with Crippen molar-refractivity contribution < 1.29 is 9.90 Å². The van der Waals surface area contributed by atoms with Crippen molar-refractivity contribution in [3.63, 3.8) is 0 Å². The number of allylic oxidation sites excluding steroid dienone is 1. The first-order valence-corrected chi connectivity index (χ1v) is 12.3. The molecule has 2 atom stereocenters. The number of nitrogens with two attached hydrogens (primary N) is 1. The van der Waals surface area contributed by atoms with Gasteiger partial charge in [-0.3, -0.25) is 4.99 Å². The summed E-state index contributed by atoms with van der Waals surface area (Å²) < 4.78 is 0. The average molecular weight is 480 g/mol. The quantitative estimate of drug-likeness (QED) is 0.327. The molecule has 3 aromatic rings. The molecule has 0 amide bonds. The first kappa shape index (κ1) is 25.0. The molecule has 184 valence electrons. The zero-order chi connectivity index (χ0) is 25.7. The second kappa shape index (κ2) is 11.1. The topological polar surface area (TPSA) is 78.9 Å². The Labute approximate surface area is 213 Å². The predicted octanol–water partition coefficient (Wildman–Crippen LogP) is 5.89. The van der Waals surface area contributed by atoms with Gasteiger partial charge in [-0.2, -0.15) is 0 Å². The van der Waals surface area contributed by atoms with E-state index in [1.165, 1.54) is 22.4 Å². The molecule has 36 heavy (non-hydrogen) atoms. The van der Waals surface area contributed by atoms with Crippen molar-refractivity contribution in [2.24, 2.45) is 10.7 Å². The van der Waals surface area contributed by atoms with Gasteiger partial charge in [-0.25, -0.2) is 4.79 Å². The van der Waals surface area contributed by atoms with Crippen molar-refractivity contribution in [3.8, 4) is 0 Å². The van der Waals surface area contributed by atoms with Crippen LogP contribution in [0, 0.1) is 0 Å². The molecule has 0 aromatic heterocycles. The lowest BCUT2D eigenvalue weighted by atomic mass is 9.83. The van der Waals surface area contributed by atoms with Gasteiger partial charge in [-0.05, 0) is 71.4 Å². The third-order valence-corrected chi connectivity index (χ3v) is 6.80. The van der Waals surface area contributed by atoms with E-state index >= 15 is 0 Å². The predicted molar refractivity (Wildman–Crippen MR) is 149 cm³/mol. The van der Waals surface area contributed by atoms with E-state index in [-0.39, 0.29) is 12.1 Å². The fraction of sp³-hybridized carbons (Fsp3) is 0.226. The van der Waals surface area contributed by atoms with Gasteiger partial charge in [-0.1, -0.05) is 61.5 Å². The lowest BCUT2D eigenvalue weighted by Gasteiger charge is -2.44. The molecule has 0 aliphatic carbocycles. The molecule has 1 heterocycles. The SMILES string of the molecule is CCc1ccc(N2C(C)Cc3cc(C(C=NC)=CN)ccc3C2c2ccc(C=CC(=O)O)cc2)cc1. The van der Waals surface area contributed by atoms with Crippen LogP contribution in [-0.2, 0) is 17.6 Å². The van der Waals surface area contributed by atoms with Gasteiger partial charge in [0.1, 0.15) is 0 Å². The summed E-state index contributed by atoms with van der Waals surface area (Å²) in [6, 6.07) is 23.9. The summed E-state index contributed by atoms with van der Waals surface area (Å²) in [5, 5.41) is 8.97. The highest BCUT2D eigenvalue weighted by molar-refractivity contribution is 6.09. The molecule has 0 radical (unpaired) electrons. The van der Waals surface area contributed by atoms with E-state index in [9.17, 15) is 4.79 Å². The van der Waals surface area contributed by atoms with Gasteiger partial charge in [0.2, 0.25) is 0 Å². The minimum Gasteiger partial charge on any atom is -0.478 e. The maximum Gasteiger partial charge on any atom is 0.328 e. The Morgan fingerprint density at radius 2 is 1.83 bits per heavy atom. The summed E-state index contributed by atoms with van der Waals surface area (Å²) in [5.74, 6) is -0.953.